The highest BCUT2D eigenvalue weighted by atomic mass is 15.3. The van der Waals surface area contributed by atoms with Crippen molar-refractivity contribution < 1.29 is 0 Å². The lowest BCUT2D eigenvalue weighted by Crippen LogP contribution is -2.21. The molecule has 0 amide bonds. The van der Waals surface area contributed by atoms with E-state index in [9.17, 15) is 0 Å². The fourth-order valence-electron chi connectivity index (χ4n) is 2.49. The van der Waals surface area contributed by atoms with Crippen LogP contribution in [0.2, 0.25) is 0 Å². The molecule has 0 radical (unpaired) electrons. The first-order valence-electron chi connectivity index (χ1n) is 8.05. The predicted molar refractivity (Wildman–Crippen MR) is 89.0 cm³/mol. The van der Waals surface area contributed by atoms with Crippen molar-refractivity contribution >= 4 is 0 Å². The predicted octanol–water partition coefficient (Wildman–Crippen LogP) is 4.45. The standard InChI is InChI=1S/C18H27N3/c1-5-11-19-17(6-2)15-8-7-9-16(13-15)21-12-10-18(20-21)14(3)4/h7-10,12-14,17,19H,5-6,11H2,1-4H3. The molecule has 0 aliphatic heterocycles. The highest BCUT2D eigenvalue weighted by Gasteiger charge is 2.10. The molecule has 1 unspecified atom stereocenters. The maximum Gasteiger partial charge on any atom is 0.0654 e. The quantitative estimate of drug-likeness (QED) is 0.814. The first-order chi connectivity index (χ1) is 10.2. The van der Waals surface area contributed by atoms with E-state index in [4.69, 9.17) is 0 Å². The average Bonchev–Trinajstić information content (AvgIpc) is 2.98. The van der Waals surface area contributed by atoms with Gasteiger partial charge < -0.3 is 5.32 Å². The van der Waals surface area contributed by atoms with Crippen molar-refractivity contribution in [2.24, 2.45) is 0 Å². The number of hydrogen-bond donors (Lipinski definition) is 1. The third kappa shape index (κ3) is 3.94. The molecule has 1 N–H and O–H groups in total. The van der Waals surface area contributed by atoms with E-state index >= 15 is 0 Å². The van der Waals surface area contributed by atoms with Crippen molar-refractivity contribution in [1.29, 1.82) is 0 Å². The molecule has 1 atom stereocenters. The molecule has 3 heteroatoms. The SMILES string of the molecule is CCCNC(CC)c1cccc(-n2ccc(C(C)C)n2)c1. The van der Waals surface area contributed by atoms with Crippen LogP contribution in [0.1, 0.15) is 63.8 Å². The highest BCUT2D eigenvalue weighted by Crippen LogP contribution is 2.20. The van der Waals surface area contributed by atoms with Crippen LogP contribution in [0.3, 0.4) is 0 Å². The van der Waals surface area contributed by atoms with Crippen molar-refractivity contribution in [2.45, 2.75) is 52.5 Å². The van der Waals surface area contributed by atoms with Gasteiger partial charge in [0, 0.05) is 12.2 Å². The van der Waals surface area contributed by atoms with Crippen molar-refractivity contribution in [1.82, 2.24) is 15.1 Å². The number of nitrogens with one attached hydrogen (secondary N) is 1. The smallest absolute Gasteiger partial charge is 0.0654 e. The lowest BCUT2D eigenvalue weighted by atomic mass is 10.0. The topological polar surface area (TPSA) is 29.9 Å². The molecule has 1 aromatic heterocycles. The van der Waals surface area contributed by atoms with Crippen molar-refractivity contribution in [3.05, 3.63) is 47.8 Å². The molecule has 0 fully saturated rings. The van der Waals surface area contributed by atoms with Crippen molar-refractivity contribution in [3.8, 4) is 5.69 Å². The number of nitrogens with zero attached hydrogens (tertiary/aromatic N) is 2. The van der Waals surface area contributed by atoms with Crippen LogP contribution in [-0.2, 0) is 0 Å². The minimum Gasteiger partial charge on any atom is -0.310 e. The van der Waals surface area contributed by atoms with Crippen LogP contribution in [0.15, 0.2) is 36.5 Å². The number of aromatic nitrogens is 2. The maximum atomic E-state index is 4.66. The van der Waals surface area contributed by atoms with Crippen molar-refractivity contribution in [3.63, 3.8) is 0 Å². The van der Waals surface area contributed by atoms with Crippen LogP contribution < -0.4 is 5.32 Å². The van der Waals surface area contributed by atoms with Gasteiger partial charge in [0.1, 0.15) is 0 Å². The zero-order valence-electron chi connectivity index (χ0n) is 13.6. The minimum absolute atomic E-state index is 0.421. The van der Waals surface area contributed by atoms with E-state index in [1.54, 1.807) is 0 Å². The molecule has 0 bridgehead atoms. The molecule has 0 spiro atoms. The van der Waals surface area contributed by atoms with Gasteiger partial charge in [-0.25, -0.2) is 4.68 Å². The Balaban J connectivity index is 2.23. The molecule has 0 saturated carbocycles. The Bertz CT molecular complexity index is 557. The van der Waals surface area contributed by atoms with Gasteiger partial charge >= 0.3 is 0 Å². The summed E-state index contributed by atoms with van der Waals surface area (Å²) in [6.45, 7) is 9.83. The van der Waals surface area contributed by atoms with Gasteiger partial charge in [-0.3, -0.25) is 0 Å². The number of rotatable bonds is 7. The monoisotopic (exact) mass is 285 g/mol. The zero-order chi connectivity index (χ0) is 15.2. The Labute approximate surface area is 128 Å². The molecule has 3 nitrogen and oxygen atoms in total. The third-order valence-electron chi connectivity index (χ3n) is 3.79. The minimum atomic E-state index is 0.421. The second-order valence-corrected chi connectivity index (χ2v) is 5.85. The van der Waals surface area contributed by atoms with E-state index in [0.29, 0.717) is 12.0 Å². The molecule has 2 rings (SSSR count). The van der Waals surface area contributed by atoms with Gasteiger partial charge in [0.2, 0.25) is 0 Å². The van der Waals surface area contributed by atoms with E-state index in [0.717, 1.165) is 30.8 Å². The summed E-state index contributed by atoms with van der Waals surface area (Å²) in [5, 5.41) is 8.27. The summed E-state index contributed by atoms with van der Waals surface area (Å²) in [6, 6.07) is 11.2. The zero-order valence-corrected chi connectivity index (χ0v) is 13.6. The summed E-state index contributed by atoms with van der Waals surface area (Å²) in [6.07, 6.45) is 4.31. The first kappa shape index (κ1) is 15.8. The second-order valence-electron chi connectivity index (χ2n) is 5.85. The largest absolute Gasteiger partial charge is 0.310 e. The molecule has 1 heterocycles. The second kappa shape index (κ2) is 7.41. The van der Waals surface area contributed by atoms with Crippen LogP contribution >= 0.6 is 0 Å². The van der Waals surface area contributed by atoms with Crippen LogP contribution in [0, 0.1) is 0 Å². The van der Waals surface area contributed by atoms with Crippen LogP contribution in [0.4, 0.5) is 0 Å². The fraction of sp³-hybridized carbons (Fsp3) is 0.500. The van der Waals surface area contributed by atoms with Gasteiger partial charge in [0.05, 0.1) is 11.4 Å². The molecular weight excluding hydrogens is 258 g/mol. The number of hydrogen-bond acceptors (Lipinski definition) is 2. The molecular formula is C18H27N3. The maximum absolute atomic E-state index is 4.66. The van der Waals surface area contributed by atoms with E-state index < -0.39 is 0 Å². The van der Waals surface area contributed by atoms with Crippen LogP contribution in [-0.4, -0.2) is 16.3 Å². The van der Waals surface area contributed by atoms with Crippen molar-refractivity contribution in [2.75, 3.05) is 6.54 Å². The van der Waals surface area contributed by atoms with Gasteiger partial charge in [-0.05, 0) is 49.1 Å². The molecule has 0 aliphatic rings. The highest BCUT2D eigenvalue weighted by molar-refractivity contribution is 5.37. The van der Waals surface area contributed by atoms with E-state index in [2.05, 4.69) is 74.6 Å². The molecule has 1 aromatic carbocycles. The Morgan fingerprint density at radius 2 is 2.00 bits per heavy atom. The Kier molecular flexibility index (Phi) is 5.57. The molecule has 21 heavy (non-hydrogen) atoms. The van der Waals surface area contributed by atoms with Gasteiger partial charge in [-0.2, -0.15) is 5.10 Å². The normalized spacial score (nSPS) is 12.8. The lowest BCUT2D eigenvalue weighted by Gasteiger charge is -2.18. The Morgan fingerprint density at radius 3 is 2.62 bits per heavy atom. The fourth-order valence-corrected chi connectivity index (χ4v) is 2.49. The lowest BCUT2D eigenvalue weighted by molar-refractivity contribution is 0.518. The van der Waals surface area contributed by atoms with Crippen LogP contribution in [0.5, 0.6) is 0 Å². The van der Waals surface area contributed by atoms with Crippen LogP contribution in [0.25, 0.3) is 5.69 Å². The molecule has 2 aromatic rings. The summed E-state index contributed by atoms with van der Waals surface area (Å²) >= 11 is 0. The summed E-state index contributed by atoms with van der Waals surface area (Å²) in [5.74, 6) is 0.462. The molecule has 0 saturated heterocycles. The summed E-state index contributed by atoms with van der Waals surface area (Å²) < 4.78 is 1.98. The average molecular weight is 285 g/mol. The Hall–Kier alpha value is -1.61. The number of benzene rings is 1. The van der Waals surface area contributed by atoms with Gasteiger partial charge in [0.15, 0.2) is 0 Å². The van der Waals surface area contributed by atoms with E-state index in [1.165, 1.54) is 5.56 Å². The van der Waals surface area contributed by atoms with Gasteiger partial charge in [-0.1, -0.05) is 39.8 Å². The Morgan fingerprint density at radius 1 is 1.19 bits per heavy atom. The van der Waals surface area contributed by atoms with Gasteiger partial charge in [0.25, 0.3) is 0 Å². The summed E-state index contributed by atoms with van der Waals surface area (Å²) in [5.41, 5.74) is 3.61. The summed E-state index contributed by atoms with van der Waals surface area (Å²) in [7, 11) is 0. The van der Waals surface area contributed by atoms with E-state index in [-0.39, 0.29) is 0 Å². The summed E-state index contributed by atoms with van der Waals surface area (Å²) in [4.78, 5) is 0. The van der Waals surface area contributed by atoms with Gasteiger partial charge in [-0.15, -0.1) is 0 Å². The first-order valence-corrected chi connectivity index (χ1v) is 8.05. The molecule has 114 valence electrons. The molecule has 0 aliphatic carbocycles. The third-order valence-corrected chi connectivity index (χ3v) is 3.79. The van der Waals surface area contributed by atoms with E-state index in [1.807, 2.05) is 4.68 Å².